The lowest BCUT2D eigenvalue weighted by Crippen LogP contribution is -2.47. The van der Waals surface area contributed by atoms with Crippen molar-refractivity contribution in [3.63, 3.8) is 0 Å². The fourth-order valence-corrected chi connectivity index (χ4v) is 5.55. The minimum atomic E-state index is -0.165. The Labute approximate surface area is 204 Å². The van der Waals surface area contributed by atoms with Crippen LogP contribution in [0.15, 0.2) is 34.1 Å². The molecule has 0 spiro atoms. The van der Waals surface area contributed by atoms with Crippen molar-refractivity contribution in [3.8, 4) is 0 Å². The van der Waals surface area contributed by atoms with E-state index in [0.29, 0.717) is 32.8 Å². The molecular formula is C24H31N5O2S2. The second kappa shape index (κ2) is 10.8. The molecule has 33 heavy (non-hydrogen) atoms. The van der Waals surface area contributed by atoms with Gasteiger partial charge >= 0.3 is 0 Å². The summed E-state index contributed by atoms with van der Waals surface area (Å²) in [6.07, 6.45) is 7.74. The van der Waals surface area contributed by atoms with Crippen molar-refractivity contribution in [2.75, 3.05) is 44.2 Å². The van der Waals surface area contributed by atoms with Gasteiger partial charge in [0.25, 0.3) is 11.5 Å². The largest absolute Gasteiger partial charge is 0.353 e. The topological polar surface area (TPSA) is 61.2 Å². The molecule has 2 aromatic rings. The van der Waals surface area contributed by atoms with Gasteiger partial charge in [-0.1, -0.05) is 63.2 Å². The first kappa shape index (κ1) is 23.9. The van der Waals surface area contributed by atoms with Crippen molar-refractivity contribution in [1.29, 1.82) is 0 Å². The standard InChI is InChI=1S/C24H31N5O2S2/c1-3-5-6-8-12-29-23(31)19(33-24(29)32)17-18-21(27-15-13-26(4-2)14-16-27)25-20-10-7-9-11-28(20)22(18)30/h7,9-11,17H,3-6,8,12-16H2,1-2H3/b19-17+. The first-order chi connectivity index (χ1) is 16.0. The molecular weight excluding hydrogens is 454 g/mol. The second-order valence-electron chi connectivity index (χ2n) is 8.40. The lowest BCUT2D eigenvalue weighted by atomic mass is 10.2. The quantitative estimate of drug-likeness (QED) is 0.322. The monoisotopic (exact) mass is 485 g/mol. The third kappa shape index (κ3) is 5.15. The molecule has 7 nitrogen and oxygen atoms in total. The Morgan fingerprint density at radius 3 is 2.61 bits per heavy atom. The fourth-order valence-electron chi connectivity index (χ4n) is 4.25. The van der Waals surface area contributed by atoms with E-state index in [2.05, 4.69) is 23.6 Å². The number of likely N-dealkylation sites (N-methyl/N-ethyl adjacent to an activating group) is 1. The molecule has 0 saturated carbocycles. The summed E-state index contributed by atoms with van der Waals surface area (Å²) in [5.74, 6) is 0.538. The zero-order valence-electron chi connectivity index (χ0n) is 19.3. The number of unbranched alkanes of at least 4 members (excludes halogenated alkanes) is 3. The van der Waals surface area contributed by atoms with Crippen molar-refractivity contribution in [2.24, 2.45) is 0 Å². The van der Waals surface area contributed by atoms with Gasteiger partial charge in [0, 0.05) is 38.9 Å². The van der Waals surface area contributed by atoms with E-state index in [0.717, 1.165) is 58.4 Å². The van der Waals surface area contributed by atoms with Crippen LogP contribution in [0, 0.1) is 0 Å². The normalized spacial score (nSPS) is 18.8. The third-order valence-electron chi connectivity index (χ3n) is 6.25. The Morgan fingerprint density at radius 2 is 1.88 bits per heavy atom. The Balaban J connectivity index is 1.68. The number of carbonyl (C=O) groups is 1. The highest BCUT2D eigenvalue weighted by Gasteiger charge is 2.32. The summed E-state index contributed by atoms with van der Waals surface area (Å²) in [5.41, 5.74) is 0.896. The lowest BCUT2D eigenvalue weighted by molar-refractivity contribution is -0.122. The van der Waals surface area contributed by atoms with Gasteiger partial charge in [0.05, 0.1) is 10.5 Å². The number of aromatic nitrogens is 2. The van der Waals surface area contributed by atoms with E-state index >= 15 is 0 Å². The number of thiocarbonyl (C=S) groups is 1. The highest BCUT2D eigenvalue weighted by atomic mass is 32.2. The number of hydrogen-bond acceptors (Lipinski definition) is 7. The maximum Gasteiger partial charge on any atom is 0.267 e. The fraction of sp³-hybridized carbons (Fsp3) is 0.500. The van der Waals surface area contributed by atoms with E-state index < -0.39 is 0 Å². The first-order valence-electron chi connectivity index (χ1n) is 11.8. The van der Waals surface area contributed by atoms with Crippen LogP contribution in [0.1, 0.15) is 45.1 Å². The predicted octanol–water partition coefficient (Wildman–Crippen LogP) is 3.62. The van der Waals surface area contributed by atoms with Crippen molar-refractivity contribution in [2.45, 2.75) is 39.5 Å². The molecule has 1 amide bonds. The number of nitrogens with zero attached hydrogens (tertiary/aromatic N) is 5. The van der Waals surface area contributed by atoms with E-state index in [4.69, 9.17) is 17.2 Å². The molecule has 176 valence electrons. The Morgan fingerprint density at radius 1 is 1.09 bits per heavy atom. The van der Waals surface area contributed by atoms with Crippen molar-refractivity contribution < 1.29 is 4.79 Å². The van der Waals surface area contributed by atoms with Gasteiger partial charge in [-0.05, 0) is 31.2 Å². The zero-order valence-corrected chi connectivity index (χ0v) is 21.0. The average Bonchev–Trinajstić information content (AvgIpc) is 3.10. The van der Waals surface area contributed by atoms with Gasteiger partial charge in [-0.15, -0.1) is 0 Å². The summed E-state index contributed by atoms with van der Waals surface area (Å²) in [5, 5.41) is 0. The highest BCUT2D eigenvalue weighted by molar-refractivity contribution is 8.26. The molecule has 2 aromatic heterocycles. The van der Waals surface area contributed by atoms with E-state index in [-0.39, 0.29) is 11.5 Å². The molecule has 0 aromatic carbocycles. The number of fused-ring (bicyclic) bond motifs is 1. The van der Waals surface area contributed by atoms with Crippen LogP contribution in [0.3, 0.4) is 0 Å². The minimum absolute atomic E-state index is 0.110. The van der Waals surface area contributed by atoms with Crippen molar-refractivity contribution in [1.82, 2.24) is 19.2 Å². The maximum absolute atomic E-state index is 13.5. The van der Waals surface area contributed by atoms with E-state index in [1.165, 1.54) is 11.8 Å². The summed E-state index contributed by atoms with van der Waals surface area (Å²) >= 11 is 6.78. The van der Waals surface area contributed by atoms with Crippen LogP contribution in [0.25, 0.3) is 11.7 Å². The molecule has 0 bridgehead atoms. The smallest absolute Gasteiger partial charge is 0.267 e. The van der Waals surface area contributed by atoms with Gasteiger partial charge in [-0.25, -0.2) is 4.98 Å². The molecule has 0 unspecified atom stereocenters. The van der Waals surface area contributed by atoms with Crippen LogP contribution in [0.2, 0.25) is 0 Å². The van der Waals surface area contributed by atoms with E-state index in [1.54, 1.807) is 21.6 Å². The van der Waals surface area contributed by atoms with Crippen LogP contribution in [0.4, 0.5) is 5.82 Å². The average molecular weight is 486 g/mol. The maximum atomic E-state index is 13.5. The number of pyridine rings is 1. The van der Waals surface area contributed by atoms with Crippen LogP contribution in [-0.4, -0.2) is 68.7 Å². The lowest BCUT2D eigenvalue weighted by Gasteiger charge is -2.35. The Kier molecular flexibility index (Phi) is 7.82. The number of thioether (sulfide) groups is 1. The Bertz CT molecular complexity index is 1120. The highest BCUT2D eigenvalue weighted by Crippen LogP contribution is 2.34. The zero-order chi connectivity index (χ0) is 23.4. The summed E-state index contributed by atoms with van der Waals surface area (Å²) in [6.45, 7) is 9.39. The van der Waals surface area contributed by atoms with E-state index in [9.17, 15) is 9.59 Å². The third-order valence-corrected chi connectivity index (χ3v) is 7.63. The van der Waals surface area contributed by atoms with Gasteiger partial charge in [0.2, 0.25) is 0 Å². The molecule has 0 radical (unpaired) electrons. The predicted molar refractivity (Wildman–Crippen MR) is 140 cm³/mol. The molecule has 4 rings (SSSR count). The molecule has 2 saturated heterocycles. The van der Waals surface area contributed by atoms with Crippen molar-refractivity contribution in [3.05, 3.63) is 45.2 Å². The second-order valence-corrected chi connectivity index (χ2v) is 10.1. The first-order valence-corrected chi connectivity index (χ1v) is 13.0. The van der Waals surface area contributed by atoms with Gasteiger partial charge in [-0.2, -0.15) is 0 Å². The molecule has 4 heterocycles. The van der Waals surface area contributed by atoms with Crippen LogP contribution >= 0.6 is 24.0 Å². The SMILES string of the molecule is CCCCCCN1C(=O)/C(=C\c2c(N3CCN(CC)CC3)nc3ccccn3c2=O)SC1=S. The van der Waals surface area contributed by atoms with Crippen LogP contribution < -0.4 is 10.5 Å². The molecule has 2 aliphatic heterocycles. The molecule has 9 heteroatoms. The number of rotatable bonds is 8. The number of piperazine rings is 1. The molecule has 0 aliphatic carbocycles. The molecule has 2 fully saturated rings. The van der Waals surface area contributed by atoms with Gasteiger partial charge < -0.3 is 9.80 Å². The van der Waals surface area contributed by atoms with Crippen LogP contribution in [-0.2, 0) is 4.79 Å². The summed E-state index contributed by atoms with van der Waals surface area (Å²) < 4.78 is 2.11. The number of carbonyl (C=O) groups excluding carboxylic acids is 1. The summed E-state index contributed by atoms with van der Waals surface area (Å²) in [4.78, 5) is 38.2. The van der Waals surface area contributed by atoms with Gasteiger partial charge in [0.15, 0.2) is 0 Å². The molecule has 0 N–H and O–H groups in total. The van der Waals surface area contributed by atoms with Crippen LogP contribution in [0.5, 0.6) is 0 Å². The van der Waals surface area contributed by atoms with Gasteiger partial charge in [-0.3, -0.25) is 18.9 Å². The molecule has 0 atom stereocenters. The van der Waals surface area contributed by atoms with E-state index in [1.807, 2.05) is 18.2 Å². The summed E-state index contributed by atoms with van der Waals surface area (Å²) in [6, 6.07) is 5.53. The number of amides is 1. The van der Waals surface area contributed by atoms with Crippen molar-refractivity contribution >= 4 is 51.7 Å². The number of hydrogen-bond donors (Lipinski definition) is 0. The molecule has 2 aliphatic rings. The summed E-state index contributed by atoms with van der Waals surface area (Å²) in [7, 11) is 0. The minimum Gasteiger partial charge on any atom is -0.353 e. The Hall–Kier alpha value is -2.23. The van der Waals surface area contributed by atoms with Gasteiger partial charge in [0.1, 0.15) is 15.8 Å². The number of anilines is 1.